The van der Waals surface area contributed by atoms with Crippen LogP contribution in [0.5, 0.6) is 0 Å². The summed E-state index contributed by atoms with van der Waals surface area (Å²) in [4.78, 5) is 18.7. The lowest BCUT2D eigenvalue weighted by molar-refractivity contribution is 0.0601. The maximum atomic E-state index is 14.7. The van der Waals surface area contributed by atoms with E-state index in [9.17, 15) is 9.18 Å². The third kappa shape index (κ3) is 2.39. The minimum Gasteiger partial charge on any atom is -0.465 e. The first-order valence-electron chi connectivity index (χ1n) is 6.67. The fourth-order valence-electron chi connectivity index (χ4n) is 2.22. The SMILES string of the molecule is COC(=O)c1cc2[nH]cnc2c(F)c1Nc1ccc(C)cc1. The summed E-state index contributed by atoms with van der Waals surface area (Å²) in [6.07, 6.45) is 1.38. The van der Waals surface area contributed by atoms with E-state index in [-0.39, 0.29) is 16.8 Å². The highest BCUT2D eigenvalue weighted by Crippen LogP contribution is 2.30. The number of carbonyl (C=O) groups excluding carboxylic acids is 1. The lowest BCUT2D eigenvalue weighted by Gasteiger charge is -2.12. The number of benzene rings is 2. The van der Waals surface area contributed by atoms with Gasteiger partial charge in [-0.3, -0.25) is 0 Å². The van der Waals surface area contributed by atoms with Crippen LogP contribution in [0.4, 0.5) is 15.8 Å². The number of rotatable bonds is 3. The topological polar surface area (TPSA) is 67.0 Å². The molecule has 0 aliphatic heterocycles. The van der Waals surface area contributed by atoms with Crippen LogP contribution in [0.3, 0.4) is 0 Å². The number of esters is 1. The molecule has 3 rings (SSSR count). The molecule has 2 N–H and O–H groups in total. The van der Waals surface area contributed by atoms with Gasteiger partial charge in [0.05, 0.1) is 30.2 Å². The molecule has 0 aliphatic rings. The van der Waals surface area contributed by atoms with Crippen molar-refractivity contribution in [2.45, 2.75) is 6.92 Å². The molecular formula is C16H14FN3O2. The van der Waals surface area contributed by atoms with E-state index in [0.29, 0.717) is 11.2 Å². The van der Waals surface area contributed by atoms with Crippen LogP contribution in [0.15, 0.2) is 36.7 Å². The number of anilines is 2. The van der Waals surface area contributed by atoms with E-state index in [1.165, 1.54) is 19.5 Å². The Morgan fingerprint density at radius 3 is 2.73 bits per heavy atom. The molecule has 5 nitrogen and oxygen atoms in total. The molecule has 0 radical (unpaired) electrons. The van der Waals surface area contributed by atoms with Crippen molar-refractivity contribution in [2.75, 3.05) is 12.4 Å². The van der Waals surface area contributed by atoms with Crippen LogP contribution in [0.2, 0.25) is 0 Å². The number of aromatic amines is 1. The maximum Gasteiger partial charge on any atom is 0.340 e. The largest absolute Gasteiger partial charge is 0.465 e. The van der Waals surface area contributed by atoms with Gasteiger partial charge in [-0.05, 0) is 25.1 Å². The third-order valence-electron chi connectivity index (χ3n) is 3.38. The Labute approximate surface area is 126 Å². The molecule has 0 aliphatic carbocycles. The van der Waals surface area contributed by atoms with Crippen molar-refractivity contribution in [1.29, 1.82) is 0 Å². The number of hydrogen-bond donors (Lipinski definition) is 2. The Hall–Kier alpha value is -2.89. The summed E-state index contributed by atoms with van der Waals surface area (Å²) in [5, 5.41) is 2.94. The first-order valence-corrected chi connectivity index (χ1v) is 6.67. The Balaban J connectivity index is 2.14. The Morgan fingerprint density at radius 2 is 2.05 bits per heavy atom. The molecule has 0 amide bonds. The number of ether oxygens (including phenoxy) is 1. The second-order valence-electron chi connectivity index (χ2n) is 4.89. The number of hydrogen-bond acceptors (Lipinski definition) is 4. The molecule has 1 heterocycles. The third-order valence-corrected chi connectivity index (χ3v) is 3.38. The van der Waals surface area contributed by atoms with Crippen LogP contribution in [-0.4, -0.2) is 23.0 Å². The van der Waals surface area contributed by atoms with Gasteiger partial charge in [0, 0.05) is 5.69 Å². The number of nitrogens with zero attached hydrogens (tertiary/aromatic N) is 1. The van der Waals surface area contributed by atoms with Crippen molar-refractivity contribution < 1.29 is 13.9 Å². The first kappa shape index (κ1) is 14.1. The maximum absolute atomic E-state index is 14.7. The van der Waals surface area contributed by atoms with Crippen molar-refractivity contribution in [1.82, 2.24) is 9.97 Å². The van der Waals surface area contributed by atoms with Crippen LogP contribution in [-0.2, 0) is 4.74 Å². The monoisotopic (exact) mass is 299 g/mol. The fourth-order valence-corrected chi connectivity index (χ4v) is 2.22. The molecule has 1 aromatic heterocycles. The quantitative estimate of drug-likeness (QED) is 0.726. The van der Waals surface area contributed by atoms with Crippen molar-refractivity contribution >= 4 is 28.4 Å². The average Bonchev–Trinajstić information content (AvgIpc) is 3.00. The summed E-state index contributed by atoms with van der Waals surface area (Å²) in [7, 11) is 1.26. The molecule has 0 spiro atoms. The standard InChI is InChI=1S/C16H14FN3O2/c1-9-3-5-10(6-4-9)20-14-11(16(21)22-2)7-12-15(13(14)17)19-8-18-12/h3-8,20H,1-2H3,(H,18,19). The zero-order valence-electron chi connectivity index (χ0n) is 12.1. The number of carbonyl (C=O) groups is 1. The molecule has 0 fully saturated rings. The van der Waals surface area contributed by atoms with Gasteiger partial charge in [-0.15, -0.1) is 0 Å². The smallest absolute Gasteiger partial charge is 0.340 e. The van der Waals surface area contributed by atoms with E-state index in [2.05, 4.69) is 15.3 Å². The van der Waals surface area contributed by atoms with Gasteiger partial charge >= 0.3 is 5.97 Å². The van der Waals surface area contributed by atoms with Crippen molar-refractivity contribution in [3.05, 3.63) is 53.6 Å². The van der Waals surface area contributed by atoms with Crippen molar-refractivity contribution in [3.63, 3.8) is 0 Å². The first-order chi connectivity index (χ1) is 10.6. The van der Waals surface area contributed by atoms with Crippen LogP contribution in [0.25, 0.3) is 11.0 Å². The number of halogens is 1. The highest BCUT2D eigenvalue weighted by atomic mass is 19.1. The Kier molecular flexibility index (Phi) is 3.50. The lowest BCUT2D eigenvalue weighted by atomic mass is 10.1. The zero-order chi connectivity index (χ0) is 15.7. The molecular weight excluding hydrogens is 285 g/mol. The average molecular weight is 299 g/mol. The number of imidazole rings is 1. The van der Waals surface area contributed by atoms with Gasteiger partial charge in [0.15, 0.2) is 5.82 Å². The minimum absolute atomic E-state index is 0.0512. The summed E-state index contributed by atoms with van der Waals surface area (Å²) in [5.74, 6) is -1.22. The van der Waals surface area contributed by atoms with Gasteiger partial charge in [-0.2, -0.15) is 0 Å². The molecule has 6 heteroatoms. The molecule has 0 saturated carbocycles. The summed E-state index contributed by atoms with van der Waals surface area (Å²) >= 11 is 0. The van der Waals surface area contributed by atoms with Gasteiger partial charge in [-0.1, -0.05) is 17.7 Å². The van der Waals surface area contributed by atoms with Crippen molar-refractivity contribution in [2.24, 2.45) is 0 Å². The predicted molar refractivity (Wildman–Crippen MR) is 81.9 cm³/mol. The molecule has 0 bridgehead atoms. The summed E-state index contributed by atoms with van der Waals surface area (Å²) in [6.45, 7) is 1.96. The van der Waals surface area contributed by atoms with E-state index in [4.69, 9.17) is 4.74 Å². The molecule has 112 valence electrons. The van der Waals surface area contributed by atoms with E-state index >= 15 is 0 Å². The van der Waals surface area contributed by atoms with Crippen LogP contribution >= 0.6 is 0 Å². The van der Waals surface area contributed by atoms with E-state index in [1.807, 2.05) is 31.2 Å². The second kappa shape index (κ2) is 5.48. The number of aryl methyl sites for hydroxylation is 1. The number of nitrogens with one attached hydrogen (secondary N) is 2. The normalized spacial score (nSPS) is 10.7. The Bertz CT molecular complexity index is 840. The zero-order valence-corrected chi connectivity index (χ0v) is 12.1. The molecule has 2 aromatic carbocycles. The molecule has 0 saturated heterocycles. The number of fused-ring (bicyclic) bond motifs is 1. The van der Waals surface area contributed by atoms with Crippen molar-refractivity contribution in [3.8, 4) is 0 Å². The van der Waals surface area contributed by atoms with Crippen LogP contribution < -0.4 is 5.32 Å². The van der Waals surface area contributed by atoms with Crippen LogP contribution in [0, 0.1) is 12.7 Å². The van der Waals surface area contributed by atoms with E-state index < -0.39 is 11.8 Å². The van der Waals surface area contributed by atoms with Crippen LogP contribution in [0.1, 0.15) is 15.9 Å². The minimum atomic E-state index is -0.620. The highest BCUT2D eigenvalue weighted by molar-refractivity contribution is 6.01. The molecule has 3 aromatic rings. The number of methoxy groups -OCH3 is 1. The summed E-state index contributed by atoms with van der Waals surface area (Å²) in [5.41, 5.74) is 2.52. The van der Waals surface area contributed by atoms with Gasteiger partial charge in [-0.25, -0.2) is 14.2 Å². The molecule has 22 heavy (non-hydrogen) atoms. The van der Waals surface area contributed by atoms with Gasteiger partial charge in [0.2, 0.25) is 0 Å². The summed E-state index contributed by atoms with van der Waals surface area (Å²) in [6, 6.07) is 8.93. The van der Waals surface area contributed by atoms with Gasteiger partial charge in [0.1, 0.15) is 5.52 Å². The number of H-pyrrole nitrogens is 1. The second-order valence-corrected chi connectivity index (χ2v) is 4.89. The van der Waals surface area contributed by atoms with Gasteiger partial charge < -0.3 is 15.0 Å². The fraction of sp³-hybridized carbons (Fsp3) is 0.125. The Morgan fingerprint density at radius 1 is 1.32 bits per heavy atom. The predicted octanol–water partition coefficient (Wildman–Crippen LogP) is 3.54. The summed E-state index contributed by atoms with van der Waals surface area (Å²) < 4.78 is 19.4. The lowest BCUT2D eigenvalue weighted by Crippen LogP contribution is -2.08. The molecule has 0 unspecified atom stereocenters. The van der Waals surface area contributed by atoms with Gasteiger partial charge in [0.25, 0.3) is 0 Å². The molecule has 0 atom stereocenters. The van der Waals surface area contributed by atoms with E-state index in [0.717, 1.165) is 5.56 Å². The number of aromatic nitrogens is 2. The van der Waals surface area contributed by atoms with E-state index in [1.54, 1.807) is 0 Å². The highest BCUT2D eigenvalue weighted by Gasteiger charge is 2.20.